The van der Waals surface area contributed by atoms with Crippen LogP contribution >= 0.6 is 0 Å². The van der Waals surface area contributed by atoms with Gasteiger partial charge in [0.1, 0.15) is 5.82 Å². The molecule has 2 aromatic rings. The third-order valence-corrected chi connectivity index (χ3v) is 3.81. The summed E-state index contributed by atoms with van der Waals surface area (Å²) in [5.74, 6) is 1.18. The average molecular weight is 256 g/mol. The van der Waals surface area contributed by atoms with E-state index in [2.05, 4.69) is 23.0 Å². The Hall–Kier alpha value is -1.81. The Morgan fingerprint density at radius 2 is 2.26 bits per heavy atom. The first kappa shape index (κ1) is 12.2. The summed E-state index contributed by atoms with van der Waals surface area (Å²) in [6, 6.07) is 8.11. The zero-order valence-electron chi connectivity index (χ0n) is 11.3. The van der Waals surface area contributed by atoms with E-state index in [1.807, 2.05) is 18.2 Å². The van der Waals surface area contributed by atoms with Gasteiger partial charge in [-0.15, -0.1) is 0 Å². The van der Waals surface area contributed by atoms with Gasteiger partial charge in [0, 0.05) is 44.4 Å². The minimum absolute atomic E-state index is 0.834. The predicted octanol–water partition coefficient (Wildman–Crippen LogP) is 1.43. The number of aromatic nitrogens is 2. The lowest BCUT2D eigenvalue weighted by molar-refractivity contribution is 0.610. The zero-order valence-corrected chi connectivity index (χ0v) is 11.3. The van der Waals surface area contributed by atoms with Gasteiger partial charge in [-0.1, -0.05) is 12.1 Å². The van der Waals surface area contributed by atoms with E-state index in [9.17, 15) is 0 Å². The van der Waals surface area contributed by atoms with Crippen LogP contribution in [0.25, 0.3) is 0 Å². The Bertz CT molecular complexity index is 586. The molecule has 0 unspecified atom stereocenters. The summed E-state index contributed by atoms with van der Waals surface area (Å²) in [4.78, 5) is 4.76. The van der Waals surface area contributed by atoms with Gasteiger partial charge >= 0.3 is 0 Å². The van der Waals surface area contributed by atoms with E-state index in [-0.39, 0.29) is 0 Å². The van der Waals surface area contributed by atoms with Gasteiger partial charge in [-0.2, -0.15) is 0 Å². The van der Waals surface area contributed by atoms with Crippen molar-refractivity contribution in [1.82, 2.24) is 14.9 Å². The third kappa shape index (κ3) is 2.49. The molecule has 0 aliphatic carbocycles. The second kappa shape index (κ2) is 5.05. The highest BCUT2D eigenvalue weighted by Gasteiger charge is 2.17. The molecule has 3 rings (SSSR count). The molecule has 0 saturated carbocycles. The van der Waals surface area contributed by atoms with E-state index in [1.54, 1.807) is 0 Å². The van der Waals surface area contributed by atoms with Gasteiger partial charge in [-0.3, -0.25) is 0 Å². The number of anilines is 1. The Kier molecular flexibility index (Phi) is 3.25. The molecule has 0 amide bonds. The maximum Gasteiger partial charge on any atom is 0.109 e. The average Bonchev–Trinajstić information content (AvgIpc) is 2.74. The van der Waals surface area contributed by atoms with Crippen molar-refractivity contribution < 1.29 is 0 Å². The van der Waals surface area contributed by atoms with Crippen LogP contribution in [-0.2, 0) is 32.9 Å². The fourth-order valence-electron chi connectivity index (χ4n) is 2.74. The molecule has 0 spiro atoms. The van der Waals surface area contributed by atoms with Crippen LogP contribution in [0.4, 0.5) is 5.69 Å². The smallest absolute Gasteiger partial charge is 0.109 e. The second-order valence-corrected chi connectivity index (χ2v) is 5.15. The number of nitrogen functional groups attached to an aromatic ring is 1. The molecule has 1 aromatic carbocycles. The van der Waals surface area contributed by atoms with Gasteiger partial charge in [0.2, 0.25) is 0 Å². The van der Waals surface area contributed by atoms with Gasteiger partial charge in [0.15, 0.2) is 0 Å². The van der Waals surface area contributed by atoms with Gasteiger partial charge in [-0.25, -0.2) is 4.98 Å². The van der Waals surface area contributed by atoms with Crippen LogP contribution in [0.1, 0.15) is 22.8 Å². The van der Waals surface area contributed by atoms with Crippen molar-refractivity contribution in [3.63, 3.8) is 0 Å². The highest BCUT2D eigenvalue weighted by Crippen LogP contribution is 2.16. The first-order valence-electron chi connectivity index (χ1n) is 6.82. The predicted molar refractivity (Wildman–Crippen MR) is 76.9 cm³/mol. The maximum absolute atomic E-state index is 5.81. The van der Waals surface area contributed by atoms with Crippen molar-refractivity contribution in [1.29, 1.82) is 0 Å². The van der Waals surface area contributed by atoms with Crippen molar-refractivity contribution in [2.24, 2.45) is 7.05 Å². The van der Waals surface area contributed by atoms with Crippen molar-refractivity contribution in [3.05, 3.63) is 47.0 Å². The quantitative estimate of drug-likeness (QED) is 0.817. The summed E-state index contributed by atoms with van der Waals surface area (Å²) in [5.41, 5.74) is 10.5. The molecule has 1 aliphatic heterocycles. The lowest BCUT2D eigenvalue weighted by atomic mass is 10.1. The number of hydrogen-bond donors (Lipinski definition) is 2. The molecule has 0 fully saturated rings. The molecule has 0 saturated heterocycles. The molecule has 100 valence electrons. The fourth-order valence-corrected chi connectivity index (χ4v) is 2.74. The van der Waals surface area contributed by atoms with E-state index < -0.39 is 0 Å². The van der Waals surface area contributed by atoms with Crippen LogP contribution in [0, 0.1) is 0 Å². The van der Waals surface area contributed by atoms with Gasteiger partial charge < -0.3 is 15.6 Å². The Morgan fingerprint density at radius 1 is 1.37 bits per heavy atom. The monoisotopic (exact) mass is 256 g/mol. The minimum atomic E-state index is 0.834. The van der Waals surface area contributed by atoms with Crippen LogP contribution in [-0.4, -0.2) is 16.1 Å². The Labute approximate surface area is 113 Å². The standard InChI is InChI=1S/C15H20N4/c1-19-14-7-8-17-10-13(14)18-15(19)6-5-11-3-2-4-12(16)9-11/h2-4,9,17H,5-8,10,16H2,1H3. The van der Waals surface area contributed by atoms with E-state index >= 15 is 0 Å². The molecular weight excluding hydrogens is 236 g/mol. The number of benzene rings is 1. The number of rotatable bonds is 3. The summed E-state index contributed by atoms with van der Waals surface area (Å²) in [6.07, 6.45) is 3.03. The first-order chi connectivity index (χ1) is 9.24. The summed E-state index contributed by atoms with van der Waals surface area (Å²) < 4.78 is 2.27. The molecule has 4 nitrogen and oxygen atoms in total. The molecule has 3 N–H and O–H groups in total. The first-order valence-corrected chi connectivity index (χ1v) is 6.82. The van der Waals surface area contributed by atoms with Crippen molar-refractivity contribution in [3.8, 4) is 0 Å². The molecule has 2 heterocycles. The fraction of sp³-hybridized carbons (Fsp3) is 0.400. The van der Waals surface area contributed by atoms with E-state index in [1.165, 1.54) is 22.8 Å². The van der Waals surface area contributed by atoms with E-state index in [0.29, 0.717) is 0 Å². The van der Waals surface area contributed by atoms with Crippen LogP contribution in [0.15, 0.2) is 24.3 Å². The topological polar surface area (TPSA) is 55.9 Å². The van der Waals surface area contributed by atoms with Gasteiger partial charge in [0.05, 0.1) is 5.69 Å². The van der Waals surface area contributed by atoms with Gasteiger partial charge in [-0.05, 0) is 24.1 Å². The highest BCUT2D eigenvalue weighted by atomic mass is 15.1. The van der Waals surface area contributed by atoms with Crippen molar-refractivity contribution in [2.45, 2.75) is 25.8 Å². The molecule has 0 bridgehead atoms. The SMILES string of the molecule is Cn1c(CCc2cccc(N)c2)nc2c1CCNC2. The minimum Gasteiger partial charge on any atom is -0.399 e. The van der Waals surface area contributed by atoms with Crippen LogP contribution < -0.4 is 11.1 Å². The summed E-state index contributed by atoms with van der Waals surface area (Å²) >= 11 is 0. The number of imidazole rings is 1. The van der Waals surface area contributed by atoms with Gasteiger partial charge in [0.25, 0.3) is 0 Å². The largest absolute Gasteiger partial charge is 0.399 e. The zero-order chi connectivity index (χ0) is 13.2. The third-order valence-electron chi connectivity index (χ3n) is 3.81. The van der Waals surface area contributed by atoms with E-state index in [0.717, 1.165) is 38.0 Å². The normalized spacial score (nSPS) is 14.4. The summed E-state index contributed by atoms with van der Waals surface area (Å²) in [7, 11) is 2.13. The number of nitrogens with one attached hydrogen (secondary N) is 1. The molecule has 0 atom stereocenters. The molecule has 1 aliphatic rings. The van der Waals surface area contributed by atoms with Crippen molar-refractivity contribution in [2.75, 3.05) is 12.3 Å². The van der Waals surface area contributed by atoms with E-state index in [4.69, 9.17) is 10.7 Å². The molecule has 19 heavy (non-hydrogen) atoms. The number of nitrogens with two attached hydrogens (primary N) is 1. The van der Waals surface area contributed by atoms with Crippen LogP contribution in [0.5, 0.6) is 0 Å². The Morgan fingerprint density at radius 3 is 3.05 bits per heavy atom. The number of aryl methyl sites for hydroxylation is 2. The summed E-state index contributed by atoms with van der Waals surface area (Å²) in [6.45, 7) is 1.96. The number of nitrogens with zero attached hydrogens (tertiary/aromatic N) is 2. The lowest BCUT2D eigenvalue weighted by Gasteiger charge is -2.13. The van der Waals surface area contributed by atoms with Crippen molar-refractivity contribution >= 4 is 5.69 Å². The summed E-state index contributed by atoms with van der Waals surface area (Å²) in [5, 5.41) is 3.37. The lowest BCUT2D eigenvalue weighted by Crippen LogP contribution is -2.24. The van der Waals surface area contributed by atoms with Crippen LogP contribution in [0.3, 0.4) is 0 Å². The highest BCUT2D eigenvalue weighted by molar-refractivity contribution is 5.40. The molecule has 4 heteroatoms. The molecule has 0 radical (unpaired) electrons. The van der Waals surface area contributed by atoms with Crippen LogP contribution in [0.2, 0.25) is 0 Å². The second-order valence-electron chi connectivity index (χ2n) is 5.15. The maximum atomic E-state index is 5.81. The number of fused-ring (bicyclic) bond motifs is 1. The Balaban J connectivity index is 1.75. The molecular formula is C15H20N4. The molecule has 1 aromatic heterocycles. The number of hydrogen-bond acceptors (Lipinski definition) is 3.